The first-order valence-electron chi connectivity index (χ1n) is 5.72. The summed E-state index contributed by atoms with van der Waals surface area (Å²) in [4.78, 5) is 10.5. The molecule has 0 radical (unpaired) electrons. The Morgan fingerprint density at radius 3 is 2.56 bits per heavy atom. The molecule has 3 rings (SSSR count). The van der Waals surface area contributed by atoms with Gasteiger partial charge in [0.1, 0.15) is 17.3 Å². The molecule has 2 aliphatic rings. The Morgan fingerprint density at radius 1 is 1.25 bits per heavy atom. The van der Waals surface area contributed by atoms with Crippen LogP contribution in [-0.2, 0) is 0 Å². The molecule has 1 saturated heterocycles. The van der Waals surface area contributed by atoms with E-state index in [2.05, 4.69) is 14.9 Å². The zero-order chi connectivity index (χ0) is 11.1. The van der Waals surface area contributed by atoms with Gasteiger partial charge in [0.25, 0.3) is 0 Å². The van der Waals surface area contributed by atoms with Gasteiger partial charge >= 0.3 is 0 Å². The van der Waals surface area contributed by atoms with E-state index in [1.165, 1.54) is 19.2 Å². The van der Waals surface area contributed by atoms with E-state index >= 15 is 0 Å². The second-order valence-corrected chi connectivity index (χ2v) is 5.17. The Morgan fingerprint density at radius 2 is 1.94 bits per heavy atom. The van der Waals surface area contributed by atoms with Crippen molar-refractivity contribution in [2.45, 2.75) is 18.9 Å². The van der Waals surface area contributed by atoms with Crippen molar-refractivity contribution >= 4 is 17.4 Å². The number of aromatic nitrogens is 2. The van der Waals surface area contributed by atoms with Gasteiger partial charge in [-0.05, 0) is 24.7 Å². The number of hydrogen-bond donors (Lipinski definition) is 1. The number of piperidine rings is 1. The molecule has 1 aromatic heterocycles. The number of halogens is 1. The fourth-order valence-electron chi connectivity index (χ4n) is 2.95. The Kier molecular flexibility index (Phi) is 2.48. The molecule has 5 heteroatoms. The normalized spacial score (nSPS) is 33.1. The minimum atomic E-state index is 0.383. The number of hydrogen-bond acceptors (Lipinski definition) is 4. The first-order chi connectivity index (χ1) is 7.74. The van der Waals surface area contributed by atoms with Crippen LogP contribution < -0.4 is 10.6 Å². The highest BCUT2D eigenvalue weighted by molar-refractivity contribution is 6.29. The third-order valence-electron chi connectivity index (χ3n) is 3.85. The fourth-order valence-corrected chi connectivity index (χ4v) is 3.09. The van der Waals surface area contributed by atoms with Crippen molar-refractivity contribution in [3.8, 4) is 0 Å². The summed E-state index contributed by atoms with van der Waals surface area (Å²) in [6, 6.07) is 2.21. The van der Waals surface area contributed by atoms with Gasteiger partial charge in [-0.2, -0.15) is 0 Å². The molecular formula is C11H15ClN4. The van der Waals surface area contributed by atoms with Crippen molar-refractivity contribution in [3.63, 3.8) is 0 Å². The Hall–Kier alpha value is -0.870. The predicted octanol–water partition coefficient (Wildman–Crippen LogP) is 1.30. The molecule has 2 N–H and O–H groups in total. The summed E-state index contributed by atoms with van der Waals surface area (Å²) in [5.41, 5.74) is 6.17. The second-order valence-electron chi connectivity index (χ2n) is 4.78. The van der Waals surface area contributed by atoms with Crippen LogP contribution in [0.1, 0.15) is 12.8 Å². The molecule has 16 heavy (non-hydrogen) atoms. The highest BCUT2D eigenvalue weighted by Gasteiger charge is 2.40. The first-order valence-corrected chi connectivity index (χ1v) is 6.10. The van der Waals surface area contributed by atoms with Crippen LogP contribution in [0.3, 0.4) is 0 Å². The van der Waals surface area contributed by atoms with Gasteiger partial charge < -0.3 is 10.6 Å². The molecule has 0 amide bonds. The van der Waals surface area contributed by atoms with Crippen LogP contribution in [0.25, 0.3) is 0 Å². The van der Waals surface area contributed by atoms with E-state index in [0.29, 0.717) is 23.0 Å². The quantitative estimate of drug-likeness (QED) is 0.750. The molecule has 0 spiro atoms. The third kappa shape index (κ3) is 1.66. The number of nitrogens with two attached hydrogens (primary N) is 1. The molecule has 2 bridgehead atoms. The zero-order valence-electron chi connectivity index (χ0n) is 9.01. The molecule has 2 heterocycles. The lowest BCUT2D eigenvalue weighted by molar-refractivity contribution is 0.355. The lowest BCUT2D eigenvalue weighted by atomic mass is 9.93. The van der Waals surface area contributed by atoms with Crippen LogP contribution in [0.5, 0.6) is 0 Å². The topological polar surface area (TPSA) is 55.0 Å². The van der Waals surface area contributed by atoms with Crippen LogP contribution in [0.4, 0.5) is 5.82 Å². The molecule has 86 valence electrons. The van der Waals surface area contributed by atoms with E-state index in [0.717, 1.165) is 18.9 Å². The average molecular weight is 239 g/mol. The molecule has 1 aliphatic heterocycles. The van der Waals surface area contributed by atoms with Gasteiger partial charge in [-0.25, -0.2) is 9.97 Å². The van der Waals surface area contributed by atoms with Gasteiger partial charge in [0.15, 0.2) is 0 Å². The van der Waals surface area contributed by atoms with Crippen LogP contribution in [0.2, 0.25) is 5.15 Å². The average Bonchev–Trinajstić information content (AvgIpc) is 2.53. The van der Waals surface area contributed by atoms with E-state index in [1.54, 1.807) is 0 Å². The van der Waals surface area contributed by atoms with Crippen molar-refractivity contribution < 1.29 is 0 Å². The maximum absolute atomic E-state index is 6.17. The van der Waals surface area contributed by atoms with Gasteiger partial charge in [-0.3, -0.25) is 0 Å². The molecule has 1 saturated carbocycles. The zero-order valence-corrected chi connectivity index (χ0v) is 9.77. The van der Waals surface area contributed by atoms with E-state index in [9.17, 15) is 0 Å². The van der Waals surface area contributed by atoms with Crippen molar-refractivity contribution in [2.24, 2.45) is 17.6 Å². The molecule has 0 aromatic carbocycles. The van der Waals surface area contributed by atoms with Crippen molar-refractivity contribution in [1.29, 1.82) is 0 Å². The minimum Gasteiger partial charge on any atom is -0.356 e. The number of anilines is 1. The highest BCUT2D eigenvalue weighted by Crippen LogP contribution is 2.37. The molecule has 1 aromatic rings. The Balaban J connectivity index is 1.83. The fraction of sp³-hybridized carbons (Fsp3) is 0.636. The lowest BCUT2D eigenvalue weighted by Gasteiger charge is -2.36. The van der Waals surface area contributed by atoms with Crippen molar-refractivity contribution in [1.82, 2.24) is 9.97 Å². The number of nitrogens with zero attached hydrogens (tertiary/aromatic N) is 3. The predicted molar refractivity (Wildman–Crippen MR) is 63.4 cm³/mol. The maximum atomic E-state index is 6.17. The summed E-state index contributed by atoms with van der Waals surface area (Å²) in [5, 5.41) is 0.507. The smallest absolute Gasteiger partial charge is 0.134 e. The standard InChI is InChI=1S/C11H15ClN4/c12-9-3-10(15-6-14-9)16-4-7-1-2-8(5-16)11(7)13/h3,6-8,11H,1-2,4-5,13H2/t7-,8+,11-. The summed E-state index contributed by atoms with van der Waals surface area (Å²) in [6.07, 6.45) is 4.02. The van der Waals surface area contributed by atoms with Gasteiger partial charge in [0, 0.05) is 25.2 Å². The van der Waals surface area contributed by atoms with Crippen LogP contribution in [0.15, 0.2) is 12.4 Å². The third-order valence-corrected chi connectivity index (χ3v) is 4.06. The van der Waals surface area contributed by atoms with Crippen LogP contribution in [-0.4, -0.2) is 29.1 Å². The van der Waals surface area contributed by atoms with Gasteiger partial charge in [-0.1, -0.05) is 11.6 Å². The monoisotopic (exact) mass is 238 g/mol. The van der Waals surface area contributed by atoms with Gasteiger partial charge in [-0.15, -0.1) is 0 Å². The number of rotatable bonds is 1. The van der Waals surface area contributed by atoms with E-state index in [1.807, 2.05) is 6.07 Å². The largest absolute Gasteiger partial charge is 0.356 e. The van der Waals surface area contributed by atoms with Crippen LogP contribution >= 0.6 is 11.6 Å². The van der Waals surface area contributed by atoms with Gasteiger partial charge in [0.2, 0.25) is 0 Å². The second kappa shape index (κ2) is 3.86. The Bertz CT molecular complexity index is 383. The first kappa shape index (κ1) is 10.3. The van der Waals surface area contributed by atoms with E-state index in [4.69, 9.17) is 17.3 Å². The van der Waals surface area contributed by atoms with Crippen molar-refractivity contribution in [2.75, 3.05) is 18.0 Å². The highest BCUT2D eigenvalue weighted by atomic mass is 35.5. The summed E-state index contributed by atoms with van der Waals surface area (Å²) >= 11 is 5.88. The molecule has 1 aliphatic carbocycles. The van der Waals surface area contributed by atoms with E-state index in [-0.39, 0.29) is 0 Å². The Labute approximate surface area is 99.8 Å². The molecule has 4 nitrogen and oxygen atoms in total. The van der Waals surface area contributed by atoms with E-state index < -0.39 is 0 Å². The molecule has 2 fully saturated rings. The summed E-state index contributed by atoms with van der Waals surface area (Å²) in [6.45, 7) is 2.01. The summed E-state index contributed by atoms with van der Waals surface area (Å²) < 4.78 is 0. The number of fused-ring (bicyclic) bond motifs is 2. The maximum Gasteiger partial charge on any atom is 0.134 e. The van der Waals surface area contributed by atoms with Crippen molar-refractivity contribution in [3.05, 3.63) is 17.5 Å². The lowest BCUT2D eigenvalue weighted by Crippen LogP contribution is -2.49. The summed E-state index contributed by atoms with van der Waals surface area (Å²) in [7, 11) is 0. The SMILES string of the molecule is N[C@@H]1[C@@H]2CC[C@H]1CN(c1cc(Cl)ncn1)C2. The molecular weight excluding hydrogens is 224 g/mol. The molecule has 0 unspecified atom stereocenters. The molecule has 3 atom stereocenters. The summed E-state index contributed by atoms with van der Waals surface area (Å²) in [5.74, 6) is 2.17. The van der Waals surface area contributed by atoms with Gasteiger partial charge in [0.05, 0.1) is 0 Å². The minimum absolute atomic E-state index is 0.383. The van der Waals surface area contributed by atoms with Crippen LogP contribution in [0, 0.1) is 11.8 Å².